The van der Waals surface area contributed by atoms with Crippen LogP contribution in [-0.2, 0) is 4.74 Å². The Bertz CT molecular complexity index is 126. The molecule has 1 nitrogen and oxygen atoms in total. The lowest BCUT2D eigenvalue weighted by molar-refractivity contribution is 0.0922. The highest BCUT2D eigenvalue weighted by atomic mass is 32.1. The van der Waals surface area contributed by atoms with Crippen LogP contribution in [0.3, 0.4) is 0 Å². The van der Waals surface area contributed by atoms with Crippen molar-refractivity contribution >= 4 is 12.6 Å². The van der Waals surface area contributed by atoms with Gasteiger partial charge in [0.2, 0.25) is 0 Å². The summed E-state index contributed by atoms with van der Waals surface area (Å²) in [6.45, 7) is 0. The van der Waals surface area contributed by atoms with Crippen LogP contribution >= 0.6 is 12.6 Å². The lowest BCUT2D eigenvalue weighted by atomic mass is 9.87. The van der Waals surface area contributed by atoms with Gasteiger partial charge in [-0.3, -0.25) is 0 Å². The zero-order valence-corrected chi connectivity index (χ0v) is 7.02. The van der Waals surface area contributed by atoms with Crippen LogP contribution in [-0.4, -0.2) is 18.0 Å². The van der Waals surface area contributed by atoms with Crippen LogP contribution in [0, 0.1) is 5.92 Å². The molecular formula is C8H14OS. The van der Waals surface area contributed by atoms with Crippen molar-refractivity contribution in [2.75, 3.05) is 5.75 Å². The summed E-state index contributed by atoms with van der Waals surface area (Å²) in [5.74, 6) is 1.87. The van der Waals surface area contributed by atoms with Gasteiger partial charge in [0.25, 0.3) is 0 Å². The first-order valence-corrected chi connectivity index (χ1v) is 4.79. The maximum atomic E-state index is 5.70. The Morgan fingerprint density at radius 3 is 2.80 bits per heavy atom. The molecule has 3 atom stereocenters. The number of thiol groups is 1. The molecule has 2 saturated heterocycles. The minimum Gasteiger partial charge on any atom is -0.375 e. The van der Waals surface area contributed by atoms with Crippen molar-refractivity contribution in [1.29, 1.82) is 0 Å². The third kappa shape index (κ3) is 1.08. The van der Waals surface area contributed by atoms with Gasteiger partial charge in [0, 0.05) is 0 Å². The maximum absolute atomic E-state index is 5.70. The van der Waals surface area contributed by atoms with Crippen molar-refractivity contribution < 1.29 is 4.74 Å². The smallest absolute Gasteiger partial charge is 0.0609 e. The van der Waals surface area contributed by atoms with E-state index in [1.54, 1.807) is 0 Å². The molecule has 0 saturated carbocycles. The van der Waals surface area contributed by atoms with Crippen LogP contribution < -0.4 is 0 Å². The molecule has 2 heteroatoms. The second-order valence-electron chi connectivity index (χ2n) is 3.38. The van der Waals surface area contributed by atoms with Gasteiger partial charge < -0.3 is 4.74 Å². The summed E-state index contributed by atoms with van der Waals surface area (Å²) >= 11 is 4.23. The minimum absolute atomic E-state index is 0.608. The topological polar surface area (TPSA) is 9.23 Å². The van der Waals surface area contributed by atoms with E-state index in [1.807, 2.05) is 0 Å². The SMILES string of the molecule is SCCC1CC2CCC1O2. The molecule has 2 bridgehead atoms. The second-order valence-corrected chi connectivity index (χ2v) is 3.83. The first-order valence-electron chi connectivity index (χ1n) is 4.16. The summed E-state index contributed by atoms with van der Waals surface area (Å²) < 4.78 is 5.70. The number of hydrogen-bond donors (Lipinski definition) is 1. The Kier molecular flexibility index (Phi) is 1.92. The van der Waals surface area contributed by atoms with E-state index in [2.05, 4.69) is 12.6 Å². The van der Waals surface area contributed by atoms with Crippen LogP contribution in [0.25, 0.3) is 0 Å². The highest BCUT2D eigenvalue weighted by Gasteiger charge is 2.39. The van der Waals surface area contributed by atoms with E-state index >= 15 is 0 Å². The van der Waals surface area contributed by atoms with Crippen molar-refractivity contribution in [3.05, 3.63) is 0 Å². The van der Waals surface area contributed by atoms with Gasteiger partial charge in [0.1, 0.15) is 0 Å². The molecule has 2 aliphatic heterocycles. The molecule has 2 rings (SSSR count). The lowest BCUT2D eigenvalue weighted by Gasteiger charge is -2.16. The van der Waals surface area contributed by atoms with E-state index in [-0.39, 0.29) is 0 Å². The van der Waals surface area contributed by atoms with Crippen molar-refractivity contribution in [2.24, 2.45) is 5.92 Å². The summed E-state index contributed by atoms with van der Waals surface area (Å²) in [4.78, 5) is 0. The zero-order chi connectivity index (χ0) is 6.97. The van der Waals surface area contributed by atoms with Gasteiger partial charge in [-0.05, 0) is 37.4 Å². The fraction of sp³-hybridized carbons (Fsp3) is 1.00. The molecule has 0 amide bonds. The van der Waals surface area contributed by atoms with Crippen LogP contribution in [0.5, 0.6) is 0 Å². The standard InChI is InChI=1S/C8H14OS/c10-4-3-6-5-7-1-2-8(6)9-7/h6-8,10H,1-5H2. The molecule has 2 heterocycles. The van der Waals surface area contributed by atoms with E-state index in [0.717, 1.165) is 11.7 Å². The fourth-order valence-electron chi connectivity index (χ4n) is 2.21. The molecule has 0 spiro atoms. The van der Waals surface area contributed by atoms with E-state index < -0.39 is 0 Å². The van der Waals surface area contributed by atoms with Gasteiger partial charge in [0.15, 0.2) is 0 Å². The quantitative estimate of drug-likeness (QED) is 0.604. The third-order valence-electron chi connectivity index (χ3n) is 2.73. The van der Waals surface area contributed by atoms with E-state index in [0.29, 0.717) is 12.2 Å². The predicted molar refractivity (Wildman–Crippen MR) is 44.5 cm³/mol. The molecular weight excluding hydrogens is 144 g/mol. The average molecular weight is 158 g/mol. The van der Waals surface area contributed by atoms with Crippen molar-refractivity contribution in [1.82, 2.24) is 0 Å². The van der Waals surface area contributed by atoms with Gasteiger partial charge in [-0.15, -0.1) is 0 Å². The Hall–Kier alpha value is 0.310. The molecule has 2 aliphatic rings. The summed E-state index contributed by atoms with van der Waals surface area (Å²) in [5, 5.41) is 0. The molecule has 2 fully saturated rings. The van der Waals surface area contributed by atoms with Gasteiger partial charge in [-0.2, -0.15) is 12.6 Å². The monoisotopic (exact) mass is 158 g/mol. The van der Waals surface area contributed by atoms with Crippen LogP contribution in [0.1, 0.15) is 25.7 Å². The average Bonchev–Trinajstić information content (AvgIpc) is 2.48. The van der Waals surface area contributed by atoms with E-state index in [4.69, 9.17) is 4.74 Å². The molecule has 0 N–H and O–H groups in total. The van der Waals surface area contributed by atoms with Crippen LogP contribution in [0.4, 0.5) is 0 Å². The summed E-state index contributed by atoms with van der Waals surface area (Å²) in [7, 11) is 0. The van der Waals surface area contributed by atoms with Crippen molar-refractivity contribution in [3.63, 3.8) is 0 Å². The zero-order valence-electron chi connectivity index (χ0n) is 6.12. The number of fused-ring (bicyclic) bond motifs is 2. The first kappa shape index (κ1) is 6.99. The van der Waals surface area contributed by atoms with Gasteiger partial charge in [-0.1, -0.05) is 0 Å². The van der Waals surface area contributed by atoms with Crippen LogP contribution in [0.15, 0.2) is 0 Å². The fourth-order valence-corrected chi connectivity index (χ4v) is 2.54. The van der Waals surface area contributed by atoms with Crippen molar-refractivity contribution in [2.45, 2.75) is 37.9 Å². The third-order valence-corrected chi connectivity index (χ3v) is 2.99. The predicted octanol–water partition coefficient (Wildman–Crippen LogP) is 1.87. The molecule has 0 aromatic carbocycles. The lowest BCUT2D eigenvalue weighted by Crippen LogP contribution is -2.16. The Morgan fingerprint density at radius 2 is 2.30 bits per heavy atom. The molecule has 3 unspecified atom stereocenters. The minimum atomic E-state index is 0.608. The normalized spacial score (nSPS) is 44.7. The maximum Gasteiger partial charge on any atom is 0.0609 e. The summed E-state index contributed by atoms with van der Waals surface area (Å²) in [6, 6.07) is 0. The van der Waals surface area contributed by atoms with E-state index in [1.165, 1.54) is 25.7 Å². The van der Waals surface area contributed by atoms with Gasteiger partial charge in [0.05, 0.1) is 12.2 Å². The van der Waals surface area contributed by atoms with Crippen LogP contribution in [0.2, 0.25) is 0 Å². The first-order chi connectivity index (χ1) is 4.90. The summed E-state index contributed by atoms with van der Waals surface area (Å²) in [6.07, 6.45) is 6.42. The Balaban J connectivity index is 1.90. The largest absolute Gasteiger partial charge is 0.375 e. The van der Waals surface area contributed by atoms with Crippen molar-refractivity contribution in [3.8, 4) is 0 Å². The highest BCUT2D eigenvalue weighted by Crippen LogP contribution is 2.40. The Labute approximate surface area is 67.6 Å². The molecule has 10 heavy (non-hydrogen) atoms. The molecule has 0 aromatic heterocycles. The van der Waals surface area contributed by atoms with Gasteiger partial charge in [-0.25, -0.2) is 0 Å². The molecule has 0 aliphatic carbocycles. The number of rotatable bonds is 2. The number of ether oxygens (including phenoxy) is 1. The molecule has 0 radical (unpaired) electrons. The second kappa shape index (κ2) is 2.74. The summed E-state index contributed by atoms with van der Waals surface area (Å²) in [5.41, 5.74) is 0. The molecule has 0 aromatic rings. The van der Waals surface area contributed by atoms with Gasteiger partial charge >= 0.3 is 0 Å². The Morgan fingerprint density at radius 1 is 1.40 bits per heavy atom. The highest BCUT2D eigenvalue weighted by molar-refractivity contribution is 7.80. The van der Waals surface area contributed by atoms with E-state index in [9.17, 15) is 0 Å². The number of hydrogen-bond acceptors (Lipinski definition) is 2. The molecule has 58 valence electrons.